The number of benzene rings is 1. The lowest BCUT2D eigenvalue weighted by atomic mass is 10.1. The zero-order valence-corrected chi connectivity index (χ0v) is 10.4. The van der Waals surface area contributed by atoms with E-state index < -0.39 is 5.97 Å². The van der Waals surface area contributed by atoms with Crippen molar-refractivity contribution >= 4 is 5.97 Å². The van der Waals surface area contributed by atoms with Crippen LogP contribution < -0.4 is 5.32 Å². The highest BCUT2D eigenvalue weighted by molar-refractivity contribution is 5.89. The molecule has 1 saturated carbocycles. The van der Waals surface area contributed by atoms with Crippen molar-refractivity contribution in [1.29, 1.82) is 0 Å². The van der Waals surface area contributed by atoms with Gasteiger partial charge in [-0.1, -0.05) is 18.2 Å². The Labute approximate surface area is 107 Å². The Bertz CT molecular complexity index is 402. The van der Waals surface area contributed by atoms with Gasteiger partial charge < -0.3 is 15.2 Å². The van der Waals surface area contributed by atoms with Crippen LogP contribution in [0.3, 0.4) is 0 Å². The fourth-order valence-electron chi connectivity index (χ4n) is 1.79. The first-order valence-corrected chi connectivity index (χ1v) is 6.37. The second-order valence-corrected chi connectivity index (χ2v) is 4.66. The largest absolute Gasteiger partial charge is 0.478 e. The summed E-state index contributed by atoms with van der Waals surface area (Å²) in [7, 11) is 0. The topological polar surface area (TPSA) is 58.6 Å². The summed E-state index contributed by atoms with van der Waals surface area (Å²) >= 11 is 0. The molecule has 0 radical (unpaired) electrons. The van der Waals surface area contributed by atoms with Gasteiger partial charge >= 0.3 is 5.97 Å². The number of aromatic carboxylic acids is 1. The van der Waals surface area contributed by atoms with Gasteiger partial charge in [0.15, 0.2) is 0 Å². The molecule has 0 heterocycles. The van der Waals surface area contributed by atoms with Gasteiger partial charge in [-0.05, 0) is 30.4 Å². The molecule has 0 unspecified atom stereocenters. The molecular formula is C14H19NO3. The molecule has 1 aliphatic rings. The maximum atomic E-state index is 11.0. The third-order valence-corrected chi connectivity index (χ3v) is 3.04. The number of nitrogens with one attached hydrogen (secondary N) is 1. The van der Waals surface area contributed by atoms with E-state index in [1.165, 1.54) is 12.8 Å². The zero-order chi connectivity index (χ0) is 12.8. The van der Waals surface area contributed by atoms with Crippen molar-refractivity contribution in [3.63, 3.8) is 0 Å². The number of rotatable bonds is 8. The van der Waals surface area contributed by atoms with E-state index in [-0.39, 0.29) is 0 Å². The predicted molar refractivity (Wildman–Crippen MR) is 68.7 cm³/mol. The summed E-state index contributed by atoms with van der Waals surface area (Å²) in [6.45, 7) is 2.87. The van der Waals surface area contributed by atoms with Gasteiger partial charge in [-0.15, -0.1) is 0 Å². The molecule has 0 atom stereocenters. The standard InChI is InChI=1S/C14H19NO3/c16-14(17)13-4-2-1-3-12(13)9-15-7-8-18-10-11-5-6-11/h1-4,11,15H,5-10H2,(H,16,17). The Morgan fingerprint density at radius 2 is 2.17 bits per heavy atom. The molecule has 1 aromatic carbocycles. The lowest BCUT2D eigenvalue weighted by Crippen LogP contribution is -2.21. The van der Waals surface area contributed by atoms with Crippen LogP contribution in [0.15, 0.2) is 24.3 Å². The van der Waals surface area contributed by atoms with Crippen molar-refractivity contribution < 1.29 is 14.6 Å². The second kappa shape index (κ2) is 6.52. The molecule has 4 heteroatoms. The highest BCUT2D eigenvalue weighted by Crippen LogP contribution is 2.28. The average molecular weight is 249 g/mol. The molecule has 98 valence electrons. The summed E-state index contributed by atoms with van der Waals surface area (Å²) in [5.74, 6) is -0.0879. The minimum Gasteiger partial charge on any atom is -0.478 e. The van der Waals surface area contributed by atoms with Crippen LogP contribution in [-0.4, -0.2) is 30.8 Å². The molecule has 0 saturated heterocycles. The van der Waals surface area contributed by atoms with E-state index in [2.05, 4.69) is 5.32 Å². The third-order valence-electron chi connectivity index (χ3n) is 3.04. The molecule has 2 N–H and O–H groups in total. The van der Waals surface area contributed by atoms with Crippen LogP contribution in [0.2, 0.25) is 0 Å². The molecule has 0 aliphatic heterocycles. The molecule has 4 nitrogen and oxygen atoms in total. The van der Waals surface area contributed by atoms with Crippen LogP contribution in [0, 0.1) is 5.92 Å². The highest BCUT2D eigenvalue weighted by atomic mass is 16.5. The Morgan fingerprint density at radius 3 is 2.89 bits per heavy atom. The van der Waals surface area contributed by atoms with Gasteiger partial charge in [-0.25, -0.2) is 4.79 Å². The minimum absolute atomic E-state index is 0.365. The maximum absolute atomic E-state index is 11.0. The average Bonchev–Trinajstić information content (AvgIpc) is 3.18. The quantitative estimate of drug-likeness (QED) is 0.691. The number of carboxylic acids is 1. The van der Waals surface area contributed by atoms with Crippen LogP contribution in [-0.2, 0) is 11.3 Å². The molecule has 0 bridgehead atoms. The molecule has 1 aliphatic carbocycles. The zero-order valence-electron chi connectivity index (χ0n) is 10.4. The van der Waals surface area contributed by atoms with Crippen LogP contribution in [0.4, 0.5) is 0 Å². The van der Waals surface area contributed by atoms with Crippen LogP contribution in [0.1, 0.15) is 28.8 Å². The van der Waals surface area contributed by atoms with E-state index in [9.17, 15) is 4.79 Å². The fraction of sp³-hybridized carbons (Fsp3) is 0.500. The fourth-order valence-corrected chi connectivity index (χ4v) is 1.79. The Kier molecular flexibility index (Phi) is 4.73. The van der Waals surface area contributed by atoms with Crippen LogP contribution >= 0.6 is 0 Å². The van der Waals surface area contributed by atoms with Gasteiger partial charge in [-0.2, -0.15) is 0 Å². The van der Waals surface area contributed by atoms with E-state index in [0.717, 1.165) is 24.6 Å². The summed E-state index contributed by atoms with van der Waals surface area (Å²) in [6.07, 6.45) is 2.61. The third kappa shape index (κ3) is 4.13. The number of hydrogen-bond acceptors (Lipinski definition) is 3. The first kappa shape index (κ1) is 13.1. The number of carbonyl (C=O) groups is 1. The molecule has 1 aromatic rings. The summed E-state index contributed by atoms with van der Waals surface area (Å²) in [4.78, 5) is 11.0. The molecule has 0 spiro atoms. The predicted octanol–water partition coefficient (Wildman–Crippen LogP) is 1.90. The summed E-state index contributed by atoms with van der Waals surface area (Å²) < 4.78 is 5.49. The van der Waals surface area contributed by atoms with Crippen molar-refractivity contribution in [2.45, 2.75) is 19.4 Å². The van der Waals surface area contributed by atoms with E-state index >= 15 is 0 Å². The normalized spacial score (nSPS) is 14.7. The number of carboxylic acid groups (broad SMARTS) is 1. The SMILES string of the molecule is O=C(O)c1ccccc1CNCCOCC1CC1. The number of ether oxygens (including phenoxy) is 1. The number of hydrogen-bond donors (Lipinski definition) is 2. The van der Waals surface area contributed by atoms with Crippen LogP contribution in [0.25, 0.3) is 0 Å². The smallest absolute Gasteiger partial charge is 0.336 e. The van der Waals surface area contributed by atoms with Crippen molar-refractivity contribution in [3.05, 3.63) is 35.4 Å². The van der Waals surface area contributed by atoms with Gasteiger partial charge in [0.2, 0.25) is 0 Å². The molecule has 2 rings (SSSR count). The van der Waals surface area contributed by atoms with E-state index in [1.807, 2.05) is 12.1 Å². The Balaban J connectivity index is 1.67. The lowest BCUT2D eigenvalue weighted by molar-refractivity contribution is 0.0695. The molecule has 1 fully saturated rings. The first-order valence-electron chi connectivity index (χ1n) is 6.37. The Morgan fingerprint density at radius 1 is 1.39 bits per heavy atom. The van der Waals surface area contributed by atoms with Crippen molar-refractivity contribution in [3.8, 4) is 0 Å². The Hall–Kier alpha value is -1.39. The maximum Gasteiger partial charge on any atom is 0.336 e. The first-order chi connectivity index (χ1) is 8.77. The van der Waals surface area contributed by atoms with Crippen LogP contribution in [0.5, 0.6) is 0 Å². The molecule has 18 heavy (non-hydrogen) atoms. The second-order valence-electron chi connectivity index (χ2n) is 4.66. The van der Waals surface area contributed by atoms with Gasteiger partial charge in [0, 0.05) is 19.7 Å². The van der Waals surface area contributed by atoms with Crippen molar-refractivity contribution in [2.75, 3.05) is 19.8 Å². The molecule has 0 amide bonds. The minimum atomic E-state index is -0.877. The van der Waals surface area contributed by atoms with Crippen molar-refractivity contribution in [1.82, 2.24) is 5.32 Å². The highest BCUT2D eigenvalue weighted by Gasteiger charge is 2.20. The molecular weight excluding hydrogens is 230 g/mol. The lowest BCUT2D eigenvalue weighted by Gasteiger charge is -2.08. The summed E-state index contributed by atoms with van der Waals surface area (Å²) in [5, 5.41) is 12.2. The van der Waals surface area contributed by atoms with E-state index in [0.29, 0.717) is 18.7 Å². The summed E-state index contributed by atoms with van der Waals surface area (Å²) in [6, 6.07) is 7.06. The summed E-state index contributed by atoms with van der Waals surface area (Å²) in [5.41, 5.74) is 1.18. The monoisotopic (exact) mass is 249 g/mol. The van der Waals surface area contributed by atoms with Crippen molar-refractivity contribution in [2.24, 2.45) is 5.92 Å². The molecule has 0 aromatic heterocycles. The van der Waals surface area contributed by atoms with Gasteiger partial charge in [0.1, 0.15) is 0 Å². The van der Waals surface area contributed by atoms with E-state index in [1.54, 1.807) is 12.1 Å². The van der Waals surface area contributed by atoms with Gasteiger partial charge in [0.25, 0.3) is 0 Å². The van der Waals surface area contributed by atoms with Gasteiger partial charge in [0.05, 0.1) is 12.2 Å². The van der Waals surface area contributed by atoms with Gasteiger partial charge in [-0.3, -0.25) is 0 Å². The van der Waals surface area contributed by atoms with E-state index in [4.69, 9.17) is 9.84 Å².